The summed E-state index contributed by atoms with van der Waals surface area (Å²) in [6, 6.07) is 1.09. The molecule has 1 fully saturated rings. The molecule has 0 aromatic heterocycles. The van der Waals surface area contributed by atoms with Gasteiger partial charge in [-0.3, -0.25) is 4.90 Å². The third-order valence-electron chi connectivity index (χ3n) is 3.45. The van der Waals surface area contributed by atoms with Gasteiger partial charge in [0.05, 0.1) is 4.47 Å². The monoisotopic (exact) mass is 373 g/mol. The molecule has 1 atom stereocenters. The zero-order valence-electron chi connectivity index (χ0n) is 10.5. The van der Waals surface area contributed by atoms with Crippen LogP contribution >= 0.6 is 27.5 Å². The van der Waals surface area contributed by atoms with E-state index in [1.165, 1.54) is 17.0 Å². The average molecular weight is 375 g/mol. The molecule has 1 unspecified atom stereocenters. The van der Waals surface area contributed by atoms with Crippen LogP contribution in [-0.2, 0) is 6.54 Å². The van der Waals surface area contributed by atoms with Crippen LogP contribution in [0.2, 0.25) is 5.02 Å². The van der Waals surface area contributed by atoms with E-state index in [1.54, 1.807) is 0 Å². The van der Waals surface area contributed by atoms with Crippen molar-refractivity contribution in [2.75, 3.05) is 6.54 Å². The van der Waals surface area contributed by atoms with Gasteiger partial charge < -0.3 is 0 Å². The molecule has 1 heterocycles. The highest BCUT2D eigenvalue weighted by molar-refractivity contribution is 9.10. The lowest BCUT2D eigenvalue weighted by atomic mass is 10.0. The molecule has 112 valence electrons. The van der Waals surface area contributed by atoms with Crippen LogP contribution in [0.25, 0.3) is 0 Å². The zero-order valence-corrected chi connectivity index (χ0v) is 12.8. The first-order valence-electron chi connectivity index (χ1n) is 6.23. The van der Waals surface area contributed by atoms with Gasteiger partial charge in [0.25, 0.3) is 0 Å². The van der Waals surface area contributed by atoms with Gasteiger partial charge in [-0.05, 0) is 53.0 Å². The van der Waals surface area contributed by atoms with Gasteiger partial charge in [-0.2, -0.15) is 13.2 Å². The number of hydrogen-bond acceptors (Lipinski definition) is 1. The Kier molecular flexibility index (Phi) is 4.97. The van der Waals surface area contributed by atoms with Crippen molar-refractivity contribution >= 4 is 27.5 Å². The van der Waals surface area contributed by atoms with E-state index in [-0.39, 0.29) is 22.5 Å². The third kappa shape index (κ3) is 3.65. The van der Waals surface area contributed by atoms with E-state index < -0.39 is 18.0 Å². The van der Waals surface area contributed by atoms with Gasteiger partial charge in [-0.1, -0.05) is 18.0 Å². The number of halogens is 6. The predicted octanol–water partition coefficient (Wildman–Crippen LogP) is 5.16. The van der Waals surface area contributed by atoms with Crippen LogP contribution < -0.4 is 0 Å². The van der Waals surface area contributed by atoms with Crippen LogP contribution in [0.15, 0.2) is 16.6 Å². The van der Waals surface area contributed by atoms with Crippen molar-refractivity contribution in [1.82, 2.24) is 4.90 Å². The molecule has 1 aliphatic rings. The molecule has 0 saturated carbocycles. The van der Waals surface area contributed by atoms with Crippen molar-refractivity contribution in [1.29, 1.82) is 0 Å². The standard InChI is InChI=1S/C13H13BrClF4N/c14-9-6-10(15)8(5-11(9)16)7-20-4-2-1-3-12(20)13(17,18)19/h5-6,12H,1-4,7H2. The Labute approximate surface area is 128 Å². The van der Waals surface area contributed by atoms with E-state index in [0.717, 1.165) is 0 Å². The lowest BCUT2D eigenvalue weighted by Gasteiger charge is -2.36. The Balaban J connectivity index is 2.21. The number of rotatable bonds is 2. The topological polar surface area (TPSA) is 3.24 Å². The van der Waals surface area contributed by atoms with Gasteiger partial charge in [0.2, 0.25) is 0 Å². The number of piperidine rings is 1. The summed E-state index contributed by atoms with van der Waals surface area (Å²) in [5, 5.41) is 0.268. The molecule has 1 saturated heterocycles. The molecule has 1 nitrogen and oxygen atoms in total. The third-order valence-corrected chi connectivity index (χ3v) is 4.41. The summed E-state index contributed by atoms with van der Waals surface area (Å²) >= 11 is 8.97. The van der Waals surface area contributed by atoms with Gasteiger partial charge in [-0.25, -0.2) is 4.39 Å². The number of benzene rings is 1. The van der Waals surface area contributed by atoms with Crippen LogP contribution in [-0.4, -0.2) is 23.7 Å². The molecule has 1 aromatic rings. The predicted molar refractivity (Wildman–Crippen MR) is 73.2 cm³/mol. The molecule has 0 bridgehead atoms. The Bertz CT molecular complexity index is 492. The molecule has 1 aliphatic heterocycles. The Morgan fingerprint density at radius 2 is 2.00 bits per heavy atom. The summed E-state index contributed by atoms with van der Waals surface area (Å²) in [4.78, 5) is 1.33. The SMILES string of the molecule is Fc1cc(CN2CCCCC2C(F)(F)F)c(Cl)cc1Br. The molecule has 0 aliphatic carbocycles. The fourth-order valence-corrected chi connectivity index (χ4v) is 3.15. The largest absolute Gasteiger partial charge is 0.404 e. The van der Waals surface area contributed by atoms with Gasteiger partial charge in [0.15, 0.2) is 0 Å². The van der Waals surface area contributed by atoms with Crippen molar-refractivity contribution in [3.63, 3.8) is 0 Å². The molecule has 0 spiro atoms. The van der Waals surface area contributed by atoms with Crippen molar-refractivity contribution < 1.29 is 17.6 Å². The van der Waals surface area contributed by atoms with E-state index in [1.807, 2.05) is 0 Å². The lowest BCUT2D eigenvalue weighted by Crippen LogP contribution is -2.48. The van der Waals surface area contributed by atoms with Crippen molar-refractivity contribution in [3.05, 3.63) is 33.0 Å². The first-order valence-corrected chi connectivity index (χ1v) is 7.40. The van der Waals surface area contributed by atoms with Gasteiger partial charge in [0, 0.05) is 11.6 Å². The maximum absolute atomic E-state index is 13.5. The highest BCUT2D eigenvalue weighted by Crippen LogP contribution is 2.34. The van der Waals surface area contributed by atoms with Crippen molar-refractivity contribution in [2.24, 2.45) is 0 Å². The van der Waals surface area contributed by atoms with Crippen LogP contribution in [0.3, 0.4) is 0 Å². The molecular formula is C13H13BrClF4N. The fourth-order valence-electron chi connectivity index (χ4n) is 2.45. The van der Waals surface area contributed by atoms with Gasteiger partial charge >= 0.3 is 6.18 Å². The molecule has 2 rings (SSSR count). The molecular weight excluding hydrogens is 361 g/mol. The average Bonchev–Trinajstić information content (AvgIpc) is 2.35. The van der Waals surface area contributed by atoms with Crippen LogP contribution in [0, 0.1) is 5.82 Å². The van der Waals surface area contributed by atoms with Gasteiger partial charge in [0.1, 0.15) is 11.9 Å². The molecule has 0 N–H and O–H groups in total. The molecule has 0 amide bonds. The minimum atomic E-state index is -4.26. The Hall–Kier alpha value is -0.330. The van der Waals surface area contributed by atoms with Crippen molar-refractivity contribution in [3.8, 4) is 0 Å². The number of hydrogen-bond donors (Lipinski definition) is 0. The number of alkyl halides is 3. The quantitative estimate of drug-likeness (QED) is 0.511. The number of nitrogens with zero attached hydrogens (tertiary/aromatic N) is 1. The smallest absolute Gasteiger partial charge is 0.288 e. The summed E-state index contributed by atoms with van der Waals surface area (Å²) in [6.45, 7) is 0.353. The Morgan fingerprint density at radius 1 is 1.30 bits per heavy atom. The first-order chi connectivity index (χ1) is 9.29. The second kappa shape index (κ2) is 6.20. The van der Waals surface area contributed by atoms with Crippen LogP contribution in [0.5, 0.6) is 0 Å². The molecule has 1 aromatic carbocycles. The normalized spacial score (nSPS) is 21.2. The second-order valence-electron chi connectivity index (χ2n) is 4.88. The summed E-state index contributed by atoms with van der Waals surface area (Å²) in [6.07, 6.45) is -2.91. The van der Waals surface area contributed by atoms with E-state index in [2.05, 4.69) is 15.9 Å². The fraction of sp³-hybridized carbons (Fsp3) is 0.538. The summed E-state index contributed by atoms with van der Waals surface area (Å²) in [7, 11) is 0. The van der Waals surface area contributed by atoms with Crippen LogP contribution in [0.4, 0.5) is 17.6 Å². The number of likely N-dealkylation sites (tertiary alicyclic amines) is 1. The molecule has 7 heteroatoms. The van der Waals surface area contributed by atoms with Crippen LogP contribution in [0.1, 0.15) is 24.8 Å². The van der Waals surface area contributed by atoms with Gasteiger partial charge in [-0.15, -0.1) is 0 Å². The molecule has 20 heavy (non-hydrogen) atoms. The zero-order chi connectivity index (χ0) is 14.9. The first kappa shape index (κ1) is 16.0. The maximum Gasteiger partial charge on any atom is 0.404 e. The Morgan fingerprint density at radius 3 is 2.65 bits per heavy atom. The minimum absolute atomic E-state index is 0.00715. The maximum atomic E-state index is 13.5. The minimum Gasteiger partial charge on any atom is -0.288 e. The second-order valence-corrected chi connectivity index (χ2v) is 6.14. The van der Waals surface area contributed by atoms with E-state index in [0.29, 0.717) is 24.9 Å². The summed E-state index contributed by atoms with van der Waals surface area (Å²) in [5.74, 6) is -0.523. The lowest BCUT2D eigenvalue weighted by molar-refractivity contribution is -0.192. The van der Waals surface area contributed by atoms with E-state index in [9.17, 15) is 17.6 Å². The summed E-state index contributed by atoms with van der Waals surface area (Å²) < 4.78 is 52.6. The highest BCUT2D eigenvalue weighted by Gasteiger charge is 2.44. The van der Waals surface area contributed by atoms with E-state index >= 15 is 0 Å². The van der Waals surface area contributed by atoms with E-state index in [4.69, 9.17) is 11.6 Å². The molecule has 0 radical (unpaired) electrons. The highest BCUT2D eigenvalue weighted by atomic mass is 79.9. The van der Waals surface area contributed by atoms with Crippen molar-refractivity contribution in [2.45, 2.75) is 38.0 Å². The summed E-state index contributed by atoms with van der Waals surface area (Å²) in [5.41, 5.74) is 0.378.